The maximum atomic E-state index is 11.5. The number of rotatable bonds is 6. The van der Waals surface area contributed by atoms with E-state index < -0.39 is 11.5 Å². The highest BCUT2D eigenvalue weighted by atomic mass is 16.5. The maximum Gasteiger partial charge on any atom is 0.324 e. The first-order valence-corrected chi connectivity index (χ1v) is 6.08. The van der Waals surface area contributed by atoms with Crippen LogP contribution in [0.3, 0.4) is 0 Å². The minimum absolute atomic E-state index is 0.0914. The Bertz CT molecular complexity index is 244. The molecule has 0 aromatic carbocycles. The predicted octanol–water partition coefficient (Wildman–Crippen LogP) is 1.74. The second kappa shape index (κ2) is 5.64. The first kappa shape index (κ1) is 13.5. The fourth-order valence-electron chi connectivity index (χ4n) is 2.63. The number of hydrogen-bond donors (Lipinski definition) is 1. The summed E-state index contributed by atoms with van der Waals surface area (Å²) in [5.41, 5.74) is -0.637. The molecule has 1 heterocycles. The molecule has 0 spiro atoms. The van der Waals surface area contributed by atoms with Gasteiger partial charge in [0.15, 0.2) is 0 Å². The van der Waals surface area contributed by atoms with Crippen molar-refractivity contribution in [2.45, 2.75) is 51.2 Å². The molecule has 0 aromatic heterocycles. The second-order valence-electron chi connectivity index (χ2n) is 4.68. The summed E-state index contributed by atoms with van der Waals surface area (Å²) in [6.45, 7) is 5.61. The third-order valence-electron chi connectivity index (χ3n) is 3.57. The van der Waals surface area contributed by atoms with E-state index in [1.807, 2.05) is 13.8 Å². The highest BCUT2D eigenvalue weighted by molar-refractivity contribution is 5.79. The molecule has 0 bridgehead atoms. The number of aliphatic carboxylic acids is 1. The Labute approximate surface area is 97.6 Å². The minimum Gasteiger partial charge on any atom is -0.480 e. The third kappa shape index (κ3) is 2.55. The summed E-state index contributed by atoms with van der Waals surface area (Å²) in [5.74, 6) is -0.671. The zero-order chi connectivity index (χ0) is 12.2. The number of ether oxygens (including phenoxy) is 1. The van der Waals surface area contributed by atoms with Crippen molar-refractivity contribution in [2.75, 3.05) is 20.2 Å². The summed E-state index contributed by atoms with van der Waals surface area (Å²) in [4.78, 5) is 13.6. The van der Waals surface area contributed by atoms with Crippen molar-refractivity contribution in [3.05, 3.63) is 0 Å². The molecule has 0 aromatic rings. The van der Waals surface area contributed by atoms with E-state index in [-0.39, 0.29) is 6.10 Å². The molecule has 0 aliphatic carbocycles. The summed E-state index contributed by atoms with van der Waals surface area (Å²) in [5, 5.41) is 9.47. The lowest BCUT2D eigenvalue weighted by Gasteiger charge is -2.35. The van der Waals surface area contributed by atoms with E-state index in [0.717, 1.165) is 32.2 Å². The zero-order valence-corrected chi connectivity index (χ0v) is 10.5. The van der Waals surface area contributed by atoms with Gasteiger partial charge in [0, 0.05) is 13.7 Å². The maximum absolute atomic E-state index is 11.5. The fraction of sp³-hybridized carbons (Fsp3) is 0.917. The van der Waals surface area contributed by atoms with Crippen molar-refractivity contribution in [1.82, 2.24) is 4.90 Å². The molecule has 2 atom stereocenters. The Morgan fingerprint density at radius 3 is 2.81 bits per heavy atom. The van der Waals surface area contributed by atoms with Crippen LogP contribution in [0.5, 0.6) is 0 Å². The normalized spacial score (nSPS) is 28.2. The summed E-state index contributed by atoms with van der Waals surface area (Å²) in [6.07, 6.45) is 3.48. The van der Waals surface area contributed by atoms with E-state index in [1.165, 1.54) is 0 Å². The third-order valence-corrected chi connectivity index (χ3v) is 3.57. The molecule has 1 N–H and O–H groups in total. The topological polar surface area (TPSA) is 49.8 Å². The van der Waals surface area contributed by atoms with E-state index in [4.69, 9.17) is 4.74 Å². The largest absolute Gasteiger partial charge is 0.480 e. The molecular weight excluding hydrogens is 206 g/mol. The summed E-state index contributed by atoms with van der Waals surface area (Å²) in [6, 6.07) is 0. The number of nitrogens with zero attached hydrogens (tertiary/aromatic N) is 1. The Kier molecular flexibility index (Phi) is 4.74. The summed E-state index contributed by atoms with van der Waals surface area (Å²) >= 11 is 0. The van der Waals surface area contributed by atoms with Gasteiger partial charge in [0.05, 0.1) is 6.10 Å². The van der Waals surface area contributed by atoms with Crippen LogP contribution in [0.4, 0.5) is 0 Å². The Balaban J connectivity index is 2.76. The lowest BCUT2D eigenvalue weighted by molar-refractivity contribution is -0.151. The van der Waals surface area contributed by atoms with Gasteiger partial charge in [0.2, 0.25) is 0 Å². The van der Waals surface area contributed by atoms with Crippen molar-refractivity contribution in [2.24, 2.45) is 0 Å². The average molecular weight is 229 g/mol. The predicted molar refractivity (Wildman–Crippen MR) is 62.6 cm³/mol. The zero-order valence-electron chi connectivity index (χ0n) is 10.5. The molecule has 0 amide bonds. The van der Waals surface area contributed by atoms with Crippen molar-refractivity contribution in [3.8, 4) is 0 Å². The summed E-state index contributed by atoms with van der Waals surface area (Å²) < 4.78 is 5.23. The van der Waals surface area contributed by atoms with Gasteiger partial charge in [-0.2, -0.15) is 0 Å². The van der Waals surface area contributed by atoms with Crippen molar-refractivity contribution >= 4 is 5.97 Å². The quantitative estimate of drug-likeness (QED) is 0.753. The average Bonchev–Trinajstić information content (AvgIpc) is 2.63. The molecule has 0 saturated carbocycles. The smallest absolute Gasteiger partial charge is 0.324 e. The first-order chi connectivity index (χ1) is 7.56. The van der Waals surface area contributed by atoms with E-state index in [2.05, 4.69) is 4.90 Å². The van der Waals surface area contributed by atoms with Crippen LogP contribution in [-0.4, -0.2) is 47.8 Å². The second-order valence-corrected chi connectivity index (χ2v) is 4.68. The lowest BCUT2D eigenvalue weighted by atomic mass is 9.90. The molecule has 0 radical (unpaired) electrons. The molecule has 4 heteroatoms. The van der Waals surface area contributed by atoms with Crippen LogP contribution in [0.15, 0.2) is 0 Å². The Morgan fingerprint density at radius 1 is 1.62 bits per heavy atom. The number of methoxy groups -OCH3 is 1. The number of carboxylic acid groups (broad SMARTS) is 1. The van der Waals surface area contributed by atoms with Crippen LogP contribution in [0.25, 0.3) is 0 Å². The van der Waals surface area contributed by atoms with E-state index in [0.29, 0.717) is 6.54 Å². The number of carbonyl (C=O) groups is 1. The van der Waals surface area contributed by atoms with Gasteiger partial charge in [0.25, 0.3) is 0 Å². The monoisotopic (exact) mass is 229 g/mol. The van der Waals surface area contributed by atoms with Crippen molar-refractivity contribution < 1.29 is 14.6 Å². The molecule has 1 saturated heterocycles. The van der Waals surface area contributed by atoms with Crippen LogP contribution in [0.2, 0.25) is 0 Å². The van der Waals surface area contributed by atoms with Gasteiger partial charge in [-0.1, -0.05) is 13.3 Å². The summed E-state index contributed by atoms with van der Waals surface area (Å²) in [7, 11) is 1.67. The lowest BCUT2D eigenvalue weighted by Crippen LogP contribution is -2.52. The highest BCUT2D eigenvalue weighted by Crippen LogP contribution is 2.34. The van der Waals surface area contributed by atoms with Crippen molar-refractivity contribution in [1.29, 1.82) is 0 Å². The van der Waals surface area contributed by atoms with Gasteiger partial charge in [0.1, 0.15) is 5.54 Å². The van der Waals surface area contributed by atoms with Gasteiger partial charge in [-0.25, -0.2) is 0 Å². The standard InChI is InChI=1S/C12H23NO3/c1-4-6-12(11(14)15)7-5-8-13(12)9-10(2)16-3/h10H,4-9H2,1-3H3,(H,14,15). The van der Waals surface area contributed by atoms with Crippen molar-refractivity contribution in [3.63, 3.8) is 0 Å². The number of likely N-dealkylation sites (tertiary alicyclic amines) is 1. The minimum atomic E-state index is -0.671. The van der Waals surface area contributed by atoms with Crippen LogP contribution >= 0.6 is 0 Å². The molecule has 1 aliphatic rings. The SMILES string of the molecule is CCCC1(C(=O)O)CCCN1CC(C)OC. The van der Waals surface area contributed by atoms with Crippen LogP contribution in [-0.2, 0) is 9.53 Å². The van der Waals surface area contributed by atoms with Gasteiger partial charge in [-0.05, 0) is 32.7 Å². The molecule has 94 valence electrons. The van der Waals surface area contributed by atoms with E-state index in [1.54, 1.807) is 7.11 Å². The van der Waals surface area contributed by atoms with Gasteiger partial charge < -0.3 is 9.84 Å². The molecule has 1 rings (SSSR count). The van der Waals surface area contributed by atoms with Crippen LogP contribution < -0.4 is 0 Å². The van der Waals surface area contributed by atoms with Crippen LogP contribution in [0.1, 0.15) is 39.5 Å². The fourth-order valence-corrected chi connectivity index (χ4v) is 2.63. The Morgan fingerprint density at radius 2 is 2.31 bits per heavy atom. The van der Waals surface area contributed by atoms with E-state index >= 15 is 0 Å². The van der Waals surface area contributed by atoms with Gasteiger partial charge in [-0.3, -0.25) is 9.69 Å². The first-order valence-electron chi connectivity index (χ1n) is 6.08. The van der Waals surface area contributed by atoms with Crippen LogP contribution in [0, 0.1) is 0 Å². The number of carboxylic acids is 1. The highest BCUT2D eigenvalue weighted by Gasteiger charge is 2.46. The Hall–Kier alpha value is -0.610. The van der Waals surface area contributed by atoms with Gasteiger partial charge >= 0.3 is 5.97 Å². The molecule has 2 unspecified atom stereocenters. The molecule has 16 heavy (non-hydrogen) atoms. The molecule has 4 nitrogen and oxygen atoms in total. The van der Waals surface area contributed by atoms with E-state index in [9.17, 15) is 9.90 Å². The molecule has 1 fully saturated rings. The molecule has 1 aliphatic heterocycles. The number of hydrogen-bond acceptors (Lipinski definition) is 3. The van der Waals surface area contributed by atoms with Gasteiger partial charge in [-0.15, -0.1) is 0 Å². The molecular formula is C12H23NO3.